The highest BCUT2D eigenvalue weighted by Gasteiger charge is 2.22. The highest BCUT2D eigenvalue weighted by molar-refractivity contribution is 5.79. The van der Waals surface area contributed by atoms with Crippen LogP contribution in [0, 0.1) is 5.92 Å². The predicted octanol–water partition coefficient (Wildman–Crippen LogP) is 1.56. The van der Waals surface area contributed by atoms with Gasteiger partial charge in [-0.15, -0.1) is 0 Å². The van der Waals surface area contributed by atoms with Crippen LogP contribution in [0.2, 0.25) is 0 Å². The molecule has 0 bridgehead atoms. The van der Waals surface area contributed by atoms with Gasteiger partial charge in [-0.25, -0.2) is 0 Å². The van der Waals surface area contributed by atoms with E-state index < -0.39 is 11.9 Å². The van der Waals surface area contributed by atoms with Gasteiger partial charge in [0.05, 0.1) is 25.6 Å². The Morgan fingerprint density at radius 2 is 1.40 bits per heavy atom. The zero-order chi connectivity index (χ0) is 15.2. The number of hydrogen-bond acceptors (Lipinski definition) is 6. The summed E-state index contributed by atoms with van der Waals surface area (Å²) >= 11 is 0. The van der Waals surface area contributed by atoms with Crippen molar-refractivity contribution in [3.8, 4) is 0 Å². The Kier molecular flexibility index (Phi) is 12.1. The molecular weight excluding hydrogens is 264 g/mol. The minimum Gasteiger partial charge on any atom is -0.463 e. The maximum absolute atomic E-state index is 11.7. The Bertz CT molecular complexity index is 266. The van der Waals surface area contributed by atoms with Gasteiger partial charge in [0.1, 0.15) is 13.2 Å². The minimum atomic E-state index is -0.462. The number of rotatable bonds is 12. The standard InChI is InChI=1S/C14H26O6/c1-4-12(14(16)20-10-8-18-6-3)11-13(15)19-9-7-17-5-2/h12H,4-11H2,1-3H3. The third-order valence-electron chi connectivity index (χ3n) is 2.61. The number of carbonyl (C=O) groups is 2. The topological polar surface area (TPSA) is 71.1 Å². The largest absolute Gasteiger partial charge is 0.463 e. The van der Waals surface area contributed by atoms with Gasteiger partial charge in [0.2, 0.25) is 0 Å². The summed E-state index contributed by atoms with van der Waals surface area (Å²) in [5.41, 5.74) is 0. The van der Waals surface area contributed by atoms with E-state index in [1.54, 1.807) is 0 Å². The lowest BCUT2D eigenvalue weighted by molar-refractivity contribution is -0.156. The molecule has 0 aromatic heterocycles. The van der Waals surface area contributed by atoms with Crippen LogP contribution in [0.25, 0.3) is 0 Å². The lowest BCUT2D eigenvalue weighted by atomic mass is 10.0. The molecule has 6 nitrogen and oxygen atoms in total. The zero-order valence-electron chi connectivity index (χ0n) is 12.7. The molecule has 118 valence electrons. The van der Waals surface area contributed by atoms with Gasteiger partial charge in [-0.3, -0.25) is 9.59 Å². The van der Waals surface area contributed by atoms with E-state index in [-0.39, 0.29) is 25.6 Å². The van der Waals surface area contributed by atoms with Gasteiger partial charge in [-0.2, -0.15) is 0 Å². The second-order valence-electron chi connectivity index (χ2n) is 4.09. The second-order valence-corrected chi connectivity index (χ2v) is 4.09. The summed E-state index contributed by atoms with van der Waals surface area (Å²) in [5.74, 6) is -1.25. The van der Waals surface area contributed by atoms with Crippen LogP contribution in [0.1, 0.15) is 33.6 Å². The first-order chi connectivity index (χ1) is 9.65. The maximum atomic E-state index is 11.7. The summed E-state index contributed by atoms with van der Waals surface area (Å²) in [6.07, 6.45) is 0.574. The van der Waals surface area contributed by atoms with E-state index in [4.69, 9.17) is 18.9 Å². The van der Waals surface area contributed by atoms with Crippen molar-refractivity contribution >= 4 is 11.9 Å². The van der Waals surface area contributed by atoms with Crippen molar-refractivity contribution < 1.29 is 28.5 Å². The quantitative estimate of drug-likeness (QED) is 0.401. The Morgan fingerprint density at radius 3 is 1.90 bits per heavy atom. The van der Waals surface area contributed by atoms with Crippen molar-refractivity contribution in [1.29, 1.82) is 0 Å². The molecule has 0 fully saturated rings. The fraction of sp³-hybridized carbons (Fsp3) is 0.857. The molecule has 20 heavy (non-hydrogen) atoms. The number of ether oxygens (including phenoxy) is 4. The third kappa shape index (κ3) is 9.75. The number of hydrogen-bond donors (Lipinski definition) is 0. The first-order valence-corrected chi connectivity index (χ1v) is 7.13. The summed E-state index contributed by atoms with van der Waals surface area (Å²) in [6.45, 7) is 7.91. The second kappa shape index (κ2) is 12.9. The van der Waals surface area contributed by atoms with Crippen LogP contribution in [-0.4, -0.2) is 51.6 Å². The average Bonchev–Trinajstić information content (AvgIpc) is 2.45. The maximum Gasteiger partial charge on any atom is 0.309 e. The monoisotopic (exact) mass is 290 g/mol. The van der Waals surface area contributed by atoms with Crippen LogP contribution in [0.4, 0.5) is 0 Å². The van der Waals surface area contributed by atoms with Crippen molar-refractivity contribution in [1.82, 2.24) is 0 Å². The SMILES string of the molecule is CCOCCOC(=O)CC(CC)C(=O)OCCOCC. The van der Waals surface area contributed by atoms with E-state index >= 15 is 0 Å². The van der Waals surface area contributed by atoms with Crippen molar-refractivity contribution in [3.63, 3.8) is 0 Å². The smallest absolute Gasteiger partial charge is 0.309 e. The summed E-state index contributed by atoms with van der Waals surface area (Å²) in [6, 6.07) is 0. The van der Waals surface area contributed by atoms with E-state index in [0.717, 1.165) is 0 Å². The summed E-state index contributed by atoms with van der Waals surface area (Å²) < 4.78 is 20.1. The lowest BCUT2D eigenvalue weighted by Gasteiger charge is -2.13. The third-order valence-corrected chi connectivity index (χ3v) is 2.61. The molecule has 0 aliphatic carbocycles. The van der Waals surface area contributed by atoms with Gasteiger partial charge in [0.25, 0.3) is 0 Å². The van der Waals surface area contributed by atoms with Crippen molar-refractivity contribution in [2.45, 2.75) is 33.6 Å². The lowest BCUT2D eigenvalue weighted by Crippen LogP contribution is -2.23. The first kappa shape index (κ1) is 18.9. The molecule has 6 heteroatoms. The molecule has 0 amide bonds. The molecule has 0 saturated carbocycles. The summed E-state index contributed by atoms with van der Waals surface area (Å²) in [7, 11) is 0. The predicted molar refractivity (Wildman–Crippen MR) is 73.3 cm³/mol. The molecule has 0 N–H and O–H groups in total. The normalized spacial score (nSPS) is 11.9. The number of carbonyl (C=O) groups excluding carboxylic acids is 2. The Hall–Kier alpha value is -1.14. The molecule has 0 aromatic carbocycles. The van der Waals surface area contributed by atoms with Crippen LogP contribution in [-0.2, 0) is 28.5 Å². The Balaban J connectivity index is 3.87. The van der Waals surface area contributed by atoms with E-state index in [2.05, 4.69) is 0 Å². The van der Waals surface area contributed by atoms with Crippen LogP contribution in [0.5, 0.6) is 0 Å². The fourth-order valence-electron chi connectivity index (χ4n) is 1.48. The fourth-order valence-corrected chi connectivity index (χ4v) is 1.48. The van der Waals surface area contributed by atoms with Gasteiger partial charge in [-0.05, 0) is 20.3 Å². The summed E-state index contributed by atoms with van der Waals surface area (Å²) in [5, 5.41) is 0. The molecule has 1 unspecified atom stereocenters. The molecule has 0 aliphatic rings. The minimum absolute atomic E-state index is 0.0378. The van der Waals surface area contributed by atoms with Gasteiger partial charge >= 0.3 is 11.9 Å². The van der Waals surface area contributed by atoms with Gasteiger partial charge < -0.3 is 18.9 Å². The highest BCUT2D eigenvalue weighted by Crippen LogP contribution is 2.11. The van der Waals surface area contributed by atoms with Gasteiger partial charge in [-0.1, -0.05) is 6.92 Å². The Morgan fingerprint density at radius 1 is 0.850 bits per heavy atom. The van der Waals surface area contributed by atoms with Gasteiger partial charge in [0.15, 0.2) is 0 Å². The molecule has 0 aromatic rings. The average molecular weight is 290 g/mol. The summed E-state index contributed by atoms with van der Waals surface area (Å²) in [4.78, 5) is 23.3. The molecule has 0 saturated heterocycles. The molecular formula is C14H26O6. The first-order valence-electron chi connectivity index (χ1n) is 7.13. The van der Waals surface area contributed by atoms with Crippen LogP contribution >= 0.6 is 0 Å². The molecule has 0 rings (SSSR count). The van der Waals surface area contributed by atoms with E-state index in [0.29, 0.717) is 32.8 Å². The van der Waals surface area contributed by atoms with E-state index in [1.807, 2.05) is 20.8 Å². The van der Waals surface area contributed by atoms with Gasteiger partial charge in [0, 0.05) is 13.2 Å². The molecule has 0 aliphatic heterocycles. The highest BCUT2D eigenvalue weighted by atomic mass is 16.6. The van der Waals surface area contributed by atoms with Crippen LogP contribution < -0.4 is 0 Å². The van der Waals surface area contributed by atoms with Crippen LogP contribution in [0.3, 0.4) is 0 Å². The molecule has 0 spiro atoms. The van der Waals surface area contributed by atoms with Crippen molar-refractivity contribution in [2.75, 3.05) is 39.6 Å². The van der Waals surface area contributed by atoms with Crippen molar-refractivity contribution in [2.24, 2.45) is 5.92 Å². The molecule has 0 heterocycles. The Labute approximate surface area is 120 Å². The van der Waals surface area contributed by atoms with Crippen molar-refractivity contribution in [3.05, 3.63) is 0 Å². The van der Waals surface area contributed by atoms with Crippen LogP contribution in [0.15, 0.2) is 0 Å². The van der Waals surface area contributed by atoms with E-state index in [1.165, 1.54) is 0 Å². The zero-order valence-corrected chi connectivity index (χ0v) is 12.7. The van der Waals surface area contributed by atoms with E-state index in [9.17, 15) is 9.59 Å². The molecule has 1 atom stereocenters. The number of esters is 2. The molecule has 0 radical (unpaired) electrons.